The van der Waals surface area contributed by atoms with Crippen molar-refractivity contribution in [3.8, 4) is 6.07 Å². The smallest absolute Gasteiger partial charge is 0.386 e. The summed E-state index contributed by atoms with van der Waals surface area (Å²) in [7, 11) is 0.833. The summed E-state index contributed by atoms with van der Waals surface area (Å²) < 4.78 is 10.3. The van der Waals surface area contributed by atoms with Gasteiger partial charge in [-0.25, -0.2) is 0 Å². The summed E-state index contributed by atoms with van der Waals surface area (Å²) in [5.74, 6) is 0. The van der Waals surface area contributed by atoms with Gasteiger partial charge in [-0.05, 0) is 6.42 Å². The average Bonchev–Trinajstić information content (AvgIpc) is 2.23. The number of unbranched alkanes of at least 4 members (excludes halogenated alkanes) is 4. The van der Waals surface area contributed by atoms with E-state index in [4.69, 9.17) is 25.2 Å². The van der Waals surface area contributed by atoms with Crippen LogP contribution in [0.25, 0.3) is 0 Å². The molecule has 0 aliphatic heterocycles. The van der Waals surface area contributed by atoms with Gasteiger partial charge in [-0.15, -0.1) is 0 Å². The predicted octanol–water partition coefficient (Wildman–Crippen LogP) is 2.93. The Morgan fingerprint density at radius 2 is 1.71 bits per heavy atom. The van der Waals surface area contributed by atoms with E-state index in [2.05, 4.69) is 6.07 Å². The zero-order chi connectivity index (χ0) is 10.9. The normalized spacial score (nSPS) is 11.3. The quantitative estimate of drug-likeness (QED) is 0.369. The third kappa shape index (κ3) is 6.38. The van der Waals surface area contributed by atoms with E-state index in [0.29, 0.717) is 6.42 Å². The average molecular weight is 236 g/mol. The van der Waals surface area contributed by atoms with Gasteiger partial charge in [0, 0.05) is 26.7 Å². The Morgan fingerprint density at radius 1 is 1.14 bits per heavy atom. The minimum atomic E-state index is -2.36. The molecule has 0 atom stereocenters. The number of nitriles is 1. The maximum absolute atomic E-state index is 8.32. The minimum absolute atomic E-state index is 0.651. The monoisotopic (exact) mass is 235 g/mol. The van der Waals surface area contributed by atoms with Gasteiger partial charge in [0.2, 0.25) is 0 Å². The third-order valence-corrected chi connectivity index (χ3v) is 5.79. The van der Waals surface area contributed by atoms with Gasteiger partial charge in [-0.3, -0.25) is 0 Å². The molecule has 14 heavy (non-hydrogen) atoms. The number of nitrogens with zero attached hydrogens (tertiary/aromatic N) is 1. The van der Waals surface area contributed by atoms with Crippen LogP contribution in [-0.4, -0.2) is 22.1 Å². The molecule has 0 aromatic heterocycles. The molecular formula is C9H18ClNO2Si. The SMILES string of the molecule is CO[Si](Cl)(CCCCCCC#N)OC. The van der Waals surface area contributed by atoms with E-state index in [0.717, 1.165) is 31.7 Å². The van der Waals surface area contributed by atoms with Gasteiger partial charge in [-0.1, -0.05) is 30.3 Å². The van der Waals surface area contributed by atoms with Gasteiger partial charge in [0.25, 0.3) is 0 Å². The highest BCUT2D eigenvalue weighted by molar-refractivity contribution is 7.12. The molecule has 0 fully saturated rings. The molecular weight excluding hydrogens is 218 g/mol. The van der Waals surface area contributed by atoms with Crippen LogP contribution in [0.4, 0.5) is 0 Å². The Bertz CT molecular complexity index is 180. The largest absolute Gasteiger partial charge is 0.442 e. The first-order chi connectivity index (χ1) is 6.68. The van der Waals surface area contributed by atoms with Gasteiger partial charge in [-0.2, -0.15) is 5.26 Å². The highest BCUT2D eigenvalue weighted by Crippen LogP contribution is 2.20. The molecule has 0 amide bonds. The van der Waals surface area contributed by atoms with Crippen LogP contribution in [0.5, 0.6) is 0 Å². The van der Waals surface area contributed by atoms with Crippen LogP contribution in [0.15, 0.2) is 0 Å². The van der Waals surface area contributed by atoms with Crippen molar-refractivity contribution >= 4 is 18.9 Å². The molecule has 0 spiro atoms. The zero-order valence-corrected chi connectivity index (χ0v) is 10.6. The summed E-state index contributed by atoms with van der Waals surface area (Å²) in [5.41, 5.74) is 0. The molecule has 0 unspecified atom stereocenters. The summed E-state index contributed by atoms with van der Waals surface area (Å²) in [6, 6.07) is 2.94. The molecule has 0 aromatic carbocycles. The van der Waals surface area contributed by atoms with E-state index in [9.17, 15) is 0 Å². The van der Waals surface area contributed by atoms with Crippen LogP contribution in [0, 0.1) is 11.3 Å². The lowest BCUT2D eigenvalue weighted by Gasteiger charge is -2.18. The molecule has 0 aromatic rings. The molecule has 0 aliphatic carbocycles. The van der Waals surface area contributed by atoms with Crippen molar-refractivity contribution in [1.29, 1.82) is 5.26 Å². The fourth-order valence-electron chi connectivity index (χ4n) is 1.18. The lowest BCUT2D eigenvalue weighted by Crippen LogP contribution is -2.32. The number of hydrogen-bond acceptors (Lipinski definition) is 3. The first-order valence-corrected chi connectivity index (χ1v) is 7.88. The van der Waals surface area contributed by atoms with Crippen LogP contribution >= 0.6 is 11.1 Å². The van der Waals surface area contributed by atoms with Gasteiger partial charge in [0.1, 0.15) is 0 Å². The highest BCUT2D eigenvalue weighted by Gasteiger charge is 2.32. The molecule has 0 bridgehead atoms. The molecule has 0 saturated carbocycles. The first-order valence-electron chi connectivity index (χ1n) is 4.84. The van der Waals surface area contributed by atoms with Crippen LogP contribution in [0.2, 0.25) is 6.04 Å². The molecule has 5 heteroatoms. The van der Waals surface area contributed by atoms with Crippen molar-refractivity contribution in [1.82, 2.24) is 0 Å². The van der Waals surface area contributed by atoms with E-state index in [-0.39, 0.29) is 0 Å². The summed E-state index contributed by atoms with van der Waals surface area (Å²) in [4.78, 5) is 0. The van der Waals surface area contributed by atoms with Crippen LogP contribution < -0.4 is 0 Å². The number of hydrogen-bond donors (Lipinski definition) is 0. The maximum atomic E-state index is 8.32. The van der Waals surface area contributed by atoms with Crippen molar-refractivity contribution in [2.75, 3.05) is 14.2 Å². The number of halogens is 1. The van der Waals surface area contributed by atoms with E-state index in [1.54, 1.807) is 14.2 Å². The van der Waals surface area contributed by atoms with E-state index in [1.165, 1.54) is 0 Å². The lowest BCUT2D eigenvalue weighted by molar-refractivity contribution is 0.264. The fraction of sp³-hybridized carbons (Fsp3) is 0.889. The second-order valence-electron chi connectivity index (χ2n) is 3.14. The second-order valence-corrected chi connectivity index (χ2v) is 7.50. The number of rotatable bonds is 8. The second kappa shape index (κ2) is 8.24. The van der Waals surface area contributed by atoms with Gasteiger partial charge in [0.15, 0.2) is 0 Å². The Labute approximate surface area is 91.9 Å². The topological polar surface area (TPSA) is 42.2 Å². The summed E-state index contributed by atoms with van der Waals surface area (Å²) >= 11 is 6.09. The van der Waals surface area contributed by atoms with E-state index < -0.39 is 7.87 Å². The standard InChI is InChI=1S/C9H18ClNO2Si/c1-12-14(10,13-2)9-7-5-3-4-6-8-11/h3-7,9H2,1-2H3. The minimum Gasteiger partial charge on any atom is -0.386 e. The molecule has 82 valence electrons. The third-order valence-electron chi connectivity index (χ3n) is 2.12. The summed E-state index contributed by atoms with van der Waals surface area (Å²) in [6.07, 6.45) is 4.83. The summed E-state index contributed by atoms with van der Waals surface area (Å²) in [6.45, 7) is 0. The molecule has 0 saturated heterocycles. The Balaban J connectivity index is 3.39. The maximum Gasteiger partial charge on any atom is 0.442 e. The molecule has 0 N–H and O–H groups in total. The highest BCUT2D eigenvalue weighted by atomic mass is 35.6. The van der Waals surface area contributed by atoms with Crippen molar-refractivity contribution < 1.29 is 8.85 Å². The van der Waals surface area contributed by atoms with Crippen molar-refractivity contribution in [3.63, 3.8) is 0 Å². The van der Waals surface area contributed by atoms with Crippen LogP contribution in [-0.2, 0) is 8.85 Å². The van der Waals surface area contributed by atoms with Gasteiger partial charge in [0.05, 0.1) is 6.07 Å². The van der Waals surface area contributed by atoms with Crippen LogP contribution in [0.3, 0.4) is 0 Å². The van der Waals surface area contributed by atoms with Gasteiger partial charge >= 0.3 is 7.87 Å². The molecule has 0 radical (unpaired) electrons. The first kappa shape index (κ1) is 13.9. The Kier molecular flexibility index (Phi) is 8.19. The van der Waals surface area contributed by atoms with Crippen LogP contribution in [0.1, 0.15) is 32.1 Å². The molecule has 0 aliphatic rings. The predicted molar refractivity (Wildman–Crippen MR) is 59.1 cm³/mol. The fourth-order valence-corrected chi connectivity index (χ4v) is 2.83. The molecule has 0 heterocycles. The summed E-state index contributed by atoms with van der Waals surface area (Å²) in [5, 5.41) is 8.32. The Hall–Kier alpha value is -0.0831. The van der Waals surface area contributed by atoms with Crippen molar-refractivity contribution in [2.24, 2.45) is 0 Å². The van der Waals surface area contributed by atoms with Crippen molar-refractivity contribution in [3.05, 3.63) is 0 Å². The molecule has 0 rings (SSSR count). The zero-order valence-electron chi connectivity index (χ0n) is 8.88. The van der Waals surface area contributed by atoms with Crippen molar-refractivity contribution in [2.45, 2.75) is 38.1 Å². The van der Waals surface area contributed by atoms with E-state index in [1.807, 2.05) is 0 Å². The Morgan fingerprint density at radius 3 is 2.21 bits per heavy atom. The van der Waals surface area contributed by atoms with Gasteiger partial charge < -0.3 is 8.85 Å². The lowest BCUT2D eigenvalue weighted by atomic mass is 10.2. The van der Waals surface area contributed by atoms with E-state index >= 15 is 0 Å². The molecule has 3 nitrogen and oxygen atoms in total.